The number of benzene rings is 1. The summed E-state index contributed by atoms with van der Waals surface area (Å²) < 4.78 is 12.0. The van der Waals surface area contributed by atoms with Crippen LogP contribution in [0.25, 0.3) is 0 Å². The van der Waals surface area contributed by atoms with Crippen LogP contribution in [0.3, 0.4) is 0 Å². The Hall–Kier alpha value is -2.35. The van der Waals surface area contributed by atoms with Gasteiger partial charge in [0.15, 0.2) is 11.5 Å². The number of ether oxygens (including phenoxy) is 2. The van der Waals surface area contributed by atoms with Crippen molar-refractivity contribution < 1.29 is 19.1 Å². The molecule has 0 heterocycles. The first kappa shape index (κ1) is 20.7. The number of nitrogens with one attached hydrogen (secondary N) is 2. The summed E-state index contributed by atoms with van der Waals surface area (Å²) in [5.41, 5.74) is 2.82. The van der Waals surface area contributed by atoms with Crippen LogP contribution in [0, 0.1) is 0 Å². The van der Waals surface area contributed by atoms with E-state index in [-0.39, 0.29) is 12.6 Å². The quantitative estimate of drug-likeness (QED) is 0.297. The molecule has 0 aromatic heterocycles. The van der Waals surface area contributed by atoms with Crippen molar-refractivity contribution in [1.82, 2.24) is 10.7 Å². The van der Waals surface area contributed by atoms with E-state index < -0.39 is 11.8 Å². The summed E-state index contributed by atoms with van der Waals surface area (Å²) in [6.07, 6.45) is 2.87. The number of carbonyl (C=O) groups excluding carboxylic acids is 2. The number of rotatable bonds is 8. The Morgan fingerprint density at radius 1 is 1.36 bits per heavy atom. The molecule has 0 saturated heterocycles. The van der Waals surface area contributed by atoms with E-state index >= 15 is 0 Å². The largest absolute Gasteiger partial charge is 0.490 e. The van der Waals surface area contributed by atoms with Gasteiger partial charge in [0, 0.05) is 6.54 Å². The van der Waals surface area contributed by atoms with Crippen LogP contribution < -0.4 is 20.2 Å². The summed E-state index contributed by atoms with van der Waals surface area (Å²) in [4.78, 5) is 22.9. The van der Waals surface area contributed by atoms with Crippen LogP contribution in [0.4, 0.5) is 0 Å². The van der Waals surface area contributed by atoms with Gasteiger partial charge in [-0.05, 0) is 54.4 Å². The molecule has 1 rings (SSSR count). The average molecular weight is 412 g/mol. The van der Waals surface area contributed by atoms with E-state index in [4.69, 9.17) is 9.47 Å². The third kappa shape index (κ3) is 6.96. The zero-order valence-electron chi connectivity index (χ0n) is 14.5. The fourth-order valence-corrected chi connectivity index (χ4v) is 2.29. The molecule has 25 heavy (non-hydrogen) atoms. The molecule has 7 nitrogen and oxygen atoms in total. The molecular weight excluding hydrogens is 390 g/mol. The summed E-state index contributed by atoms with van der Waals surface area (Å²) in [6.45, 7) is 9.84. The van der Waals surface area contributed by atoms with Gasteiger partial charge in [-0.3, -0.25) is 9.59 Å². The van der Waals surface area contributed by atoms with Gasteiger partial charge in [0.25, 0.3) is 0 Å². The molecule has 0 aliphatic heterocycles. The minimum atomic E-state index is -0.859. The molecule has 0 bridgehead atoms. The highest BCUT2D eigenvalue weighted by Gasteiger charge is 2.14. The van der Waals surface area contributed by atoms with Crippen LogP contribution in [0.15, 0.2) is 34.4 Å². The second kappa shape index (κ2) is 10.5. The lowest BCUT2D eigenvalue weighted by molar-refractivity contribution is -0.139. The van der Waals surface area contributed by atoms with Gasteiger partial charge in [-0.25, -0.2) is 5.43 Å². The lowest BCUT2D eigenvalue weighted by Crippen LogP contribution is -2.37. The molecule has 0 atom stereocenters. The van der Waals surface area contributed by atoms with Gasteiger partial charge in [0.1, 0.15) is 0 Å². The van der Waals surface area contributed by atoms with Crippen LogP contribution in [0.5, 0.6) is 11.5 Å². The maximum atomic E-state index is 11.5. The first-order valence-electron chi connectivity index (χ1n) is 7.74. The highest BCUT2D eigenvalue weighted by atomic mass is 79.9. The van der Waals surface area contributed by atoms with Crippen molar-refractivity contribution in [2.24, 2.45) is 5.10 Å². The number of amides is 2. The highest BCUT2D eigenvalue weighted by Crippen LogP contribution is 2.37. The van der Waals surface area contributed by atoms with E-state index in [1.807, 2.05) is 20.8 Å². The van der Waals surface area contributed by atoms with Crippen LogP contribution in [0.2, 0.25) is 0 Å². The first-order chi connectivity index (χ1) is 11.9. The van der Waals surface area contributed by atoms with E-state index in [2.05, 4.69) is 38.4 Å². The smallest absolute Gasteiger partial charge is 0.329 e. The van der Waals surface area contributed by atoms with Crippen LogP contribution in [0.1, 0.15) is 26.3 Å². The Morgan fingerprint density at radius 2 is 2.08 bits per heavy atom. The second-order valence-electron chi connectivity index (χ2n) is 5.13. The van der Waals surface area contributed by atoms with Gasteiger partial charge in [-0.2, -0.15) is 5.10 Å². The summed E-state index contributed by atoms with van der Waals surface area (Å²) in [5, 5.41) is 6.13. The van der Waals surface area contributed by atoms with Gasteiger partial charge >= 0.3 is 11.8 Å². The summed E-state index contributed by atoms with van der Waals surface area (Å²) in [5.74, 6) is -0.486. The minimum absolute atomic E-state index is 0.0108. The number of nitrogens with zero attached hydrogens (tertiary/aromatic N) is 1. The zero-order chi connectivity index (χ0) is 18.8. The summed E-state index contributed by atoms with van der Waals surface area (Å²) in [7, 11) is 0. The Kier molecular flexibility index (Phi) is 8.69. The third-order valence-electron chi connectivity index (χ3n) is 2.68. The van der Waals surface area contributed by atoms with Gasteiger partial charge in [-0.1, -0.05) is 6.08 Å². The fraction of sp³-hybridized carbons (Fsp3) is 0.353. The third-order valence-corrected chi connectivity index (χ3v) is 3.27. The zero-order valence-corrected chi connectivity index (χ0v) is 16.1. The predicted molar refractivity (Wildman–Crippen MR) is 100 cm³/mol. The molecule has 0 fully saturated rings. The number of halogens is 1. The molecule has 0 radical (unpaired) electrons. The van der Waals surface area contributed by atoms with Crippen LogP contribution in [-0.2, 0) is 9.59 Å². The van der Waals surface area contributed by atoms with E-state index in [1.165, 1.54) is 12.3 Å². The van der Waals surface area contributed by atoms with Gasteiger partial charge in [0.2, 0.25) is 0 Å². The number of hydrogen-bond donors (Lipinski definition) is 2. The standard InChI is InChI=1S/C17H22BrN3O4/c1-5-7-19-16(22)17(23)21-20-10-12-8-13(18)15(25-11(3)4)14(9-12)24-6-2/h5,8-11H,1,6-7H2,2-4H3,(H,19,22)(H,21,23)/b20-10-. The van der Waals surface area contributed by atoms with Crippen molar-refractivity contribution in [3.63, 3.8) is 0 Å². The van der Waals surface area contributed by atoms with E-state index in [0.29, 0.717) is 28.1 Å². The van der Waals surface area contributed by atoms with Gasteiger partial charge in [-0.15, -0.1) is 6.58 Å². The highest BCUT2D eigenvalue weighted by molar-refractivity contribution is 9.10. The Morgan fingerprint density at radius 3 is 2.68 bits per heavy atom. The molecule has 2 N–H and O–H groups in total. The maximum absolute atomic E-state index is 11.5. The fourth-order valence-electron chi connectivity index (χ4n) is 1.74. The van der Waals surface area contributed by atoms with E-state index in [0.717, 1.165) is 0 Å². The van der Waals surface area contributed by atoms with Crippen molar-refractivity contribution in [2.75, 3.05) is 13.2 Å². The molecule has 0 unspecified atom stereocenters. The Bertz CT molecular complexity index is 660. The van der Waals surface area contributed by atoms with Crippen molar-refractivity contribution in [1.29, 1.82) is 0 Å². The number of hydrogen-bond acceptors (Lipinski definition) is 5. The summed E-state index contributed by atoms with van der Waals surface area (Å²) in [6, 6.07) is 3.51. The van der Waals surface area contributed by atoms with E-state index in [9.17, 15) is 9.59 Å². The Labute approximate surface area is 155 Å². The molecular formula is C17H22BrN3O4. The van der Waals surface area contributed by atoms with E-state index in [1.54, 1.807) is 12.1 Å². The predicted octanol–water partition coefficient (Wildman–Crippen LogP) is 2.39. The topological polar surface area (TPSA) is 89.0 Å². The van der Waals surface area contributed by atoms with Gasteiger partial charge < -0.3 is 14.8 Å². The lowest BCUT2D eigenvalue weighted by Gasteiger charge is -2.16. The molecule has 1 aromatic carbocycles. The minimum Gasteiger partial charge on any atom is -0.490 e. The lowest BCUT2D eigenvalue weighted by atomic mass is 10.2. The molecule has 136 valence electrons. The first-order valence-corrected chi connectivity index (χ1v) is 8.53. The SMILES string of the molecule is C=CCNC(=O)C(=O)N/N=C\c1cc(Br)c(OC(C)C)c(OCC)c1. The van der Waals surface area contributed by atoms with Crippen LogP contribution in [-0.4, -0.2) is 37.3 Å². The van der Waals surface area contributed by atoms with Crippen molar-refractivity contribution >= 4 is 34.0 Å². The van der Waals surface area contributed by atoms with Crippen molar-refractivity contribution in [2.45, 2.75) is 26.9 Å². The Balaban J connectivity index is 2.86. The monoisotopic (exact) mass is 411 g/mol. The normalized spacial score (nSPS) is 10.6. The van der Waals surface area contributed by atoms with Gasteiger partial charge in [0.05, 0.1) is 23.4 Å². The van der Waals surface area contributed by atoms with Crippen molar-refractivity contribution in [3.05, 3.63) is 34.8 Å². The molecule has 0 saturated carbocycles. The molecule has 0 aliphatic carbocycles. The molecule has 8 heteroatoms. The van der Waals surface area contributed by atoms with Crippen LogP contribution >= 0.6 is 15.9 Å². The number of carbonyl (C=O) groups is 2. The van der Waals surface area contributed by atoms with Crippen molar-refractivity contribution in [3.8, 4) is 11.5 Å². The second-order valence-corrected chi connectivity index (χ2v) is 5.98. The number of hydrazone groups is 1. The molecule has 2 amide bonds. The molecule has 0 aliphatic rings. The maximum Gasteiger partial charge on any atom is 0.329 e. The molecule has 1 aromatic rings. The molecule has 0 spiro atoms. The average Bonchev–Trinajstić information content (AvgIpc) is 2.55. The summed E-state index contributed by atoms with van der Waals surface area (Å²) >= 11 is 3.44.